The van der Waals surface area contributed by atoms with E-state index in [9.17, 15) is 4.79 Å². The molecule has 2 N–H and O–H groups in total. The van der Waals surface area contributed by atoms with Crippen LogP contribution in [0.15, 0.2) is 54.7 Å². The van der Waals surface area contributed by atoms with Crippen LogP contribution in [0.5, 0.6) is 5.75 Å². The Hall–Kier alpha value is -2.75. The molecule has 1 aromatic heterocycles. The maximum Gasteiger partial charge on any atom is 0.303 e. The molecule has 2 aromatic carbocycles. The number of fused-ring (bicyclic) bond motifs is 1. The first kappa shape index (κ1) is 14.2. The van der Waals surface area contributed by atoms with Crippen molar-refractivity contribution in [3.05, 3.63) is 65.9 Å². The van der Waals surface area contributed by atoms with Gasteiger partial charge in [-0.1, -0.05) is 36.4 Å². The highest BCUT2D eigenvalue weighted by Crippen LogP contribution is 2.30. The van der Waals surface area contributed by atoms with Gasteiger partial charge >= 0.3 is 5.97 Å². The zero-order chi connectivity index (χ0) is 15.4. The number of aryl methyl sites for hydroxylation is 1. The van der Waals surface area contributed by atoms with Crippen LogP contribution in [0.25, 0.3) is 10.9 Å². The minimum Gasteiger partial charge on any atom is -0.488 e. The second-order valence-corrected chi connectivity index (χ2v) is 5.16. The van der Waals surface area contributed by atoms with E-state index in [4.69, 9.17) is 9.84 Å². The first-order valence-corrected chi connectivity index (χ1v) is 7.21. The molecule has 0 atom stereocenters. The molecule has 3 aromatic rings. The number of aromatic nitrogens is 1. The third kappa shape index (κ3) is 3.11. The molecule has 0 saturated heterocycles. The van der Waals surface area contributed by atoms with E-state index >= 15 is 0 Å². The van der Waals surface area contributed by atoms with Crippen LogP contribution in [0, 0.1) is 0 Å². The van der Waals surface area contributed by atoms with Gasteiger partial charge in [-0.2, -0.15) is 0 Å². The molecule has 3 rings (SSSR count). The number of carbonyl (C=O) groups is 1. The van der Waals surface area contributed by atoms with Gasteiger partial charge in [0.1, 0.15) is 12.4 Å². The molecule has 112 valence electrons. The summed E-state index contributed by atoms with van der Waals surface area (Å²) in [4.78, 5) is 14.0. The normalized spacial score (nSPS) is 10.7. The van der Waals surface area contributed by atoms with Crippen LogP contribution >= 0.6 is 0 Å². The standard InChI is InChI=1S/C18H17NO3/c20-17(21)10-9-14-11-19-15-7-4-8-16(18(14)15)22-12-13-5-2-1-3-6-13/h1-8,11,19H,9-10,12H2,(H,20,21). The Labute approximate surface area is 128 Å². The number of hydrogen-bond acceptors (Lipinski definition) is 2. The lowest BCUT2D eigenvalue weighted by Crippen LogP contribution is -1.98. The van der Waals surface area contributed by atoms with E-state index in [0.29, 0.717) is 13.0 Å². The largest absolute Gasteiger partial charge is 0.488 e. The van der Waals surface area contributed by atoms with Crippen LogP contribution in [0.4, 0.5) is 0 Å². The third-order valence-electron chi connectivity index (χ3n) is 3.59. The van der Waals surface area contributed by atoms with Crippen LogP contribution in [0.3, 0.4) is 0 Å². The molecule has 4 nitrogen and oxygen atoms in total. The Morgan fingerprint density at radius 1 is 1.09 bits per heavy atom. The fourth-order valence-electron chi connectivity index (χ4n) is 2.51. The molecule has 0 spiro atoms. The van der Waals surface area contributed by atoms with Crippen molar-refractivity contribution in [3.63, 3.8) is 0 Å². The van der Waals surface area contributed by atoms with Crippen molar-refractivity contribution in [3.8, 4) is 5.75 Å². The molecule has 0 amide bonds. The number of aromatic amines is 1. The topological polar surface area (TPSA) is 62.3 Å². The van der Waals surface area contributed by atoms with Crippen molar-refractivity contribution in [1.82, 2.24) is 4.98 Å². The third-order valence-corrected chi connectivity index (χ3v) is 3.59. The van der Waals surface area contributed by atoms with Gasteiger partial charge in [0.15, 0.2) is 0 Å². The average molecular weight is 295 g/mol. The fraction of sp³-hybridized carbons (Fsp3) is 0.167. The molecule has 0 fully saturated rings. The summed E-state index contributed by atoms with van der Waals surface area (Å²) in [5.74, 6) is -0.0139. The second kappa shape index (κ2) is 6.35. The zero-order valence-corrected chi connectivity index (χ0v) is 12.1. The van der Waals surface area contributed by atoms with E-state index < -0.39 is 5.97 Å². The molecule has 0 radical (unpaired) electrons. The Bertz CT molecular complexity index is 777. The lowest BCUT2D eigenvalue weighted by Gasteiger charge is -2.09. The highest BCUT2D eigenvalue weighted by molar-refractivity contribution is 5.89. The molecule has 0 aliphatic carbocycles. The fourth-order valence-corrected chi connectivity index (χ4v) is 2.51. The number of H-pyrrole nitrogens is 1. The monoisotopic (exact) mass is 295 g/mol. The number of nitrogens with one attached hydrogen (secondary N) is 1. The summed E-state index contributed by atoms with van der Waals surface area (Å²) < 4.78 is 5.94. The van der Waals surface area contributed by atoms with E-state index in [0.717, 1.165) is 27.8 Å². The minimum atomic E-state index is -0.794. The summed E-state index contributed by atoms with van der Waals surface area (Å²) in [7, 11) is 0. The minimum absolute atomic E-state index is 0.111. The van der Waals surface area contributed by atoms with Crippen LogP contribution in [-0.4, -0.2) is 16.1 Å². The number of carboxylic acids is 1. The van der Waals surface area contributed by atoms with E-state index in [2.05, 4.69) is 4.98 Å². The lowest BCUT2D eigenvalue weighted by molar-refractivity contribution is -0.136. The number of carboxylic acid groups (broad SMARTS) is 1. The molecule has 0 bridgehead atoms. The predicted molar refractivity (Wildman–Crippen MR) is 85.0 cm³/mol. The van der Waals surface area contributed by atoms with Gasteiger partial charge < -0.3 is 14.8 Å². The highest BCUT2D eigenvalue weighted by atomic mass is 16.5. The quantitative estimate of drug-likeness (QED) is 0.727. The number of aliphatic carboxylic acids is 1. The first-order chi connectivity index (χ1) is 10.7. The molecule has 0 unspecified atom stereocenters. The summed E-state index contributed by atoms with van der Waals surface area (Å²) in [5, 5.41) is 9.84. The highest BCUT2D eigenvalue weighted by Gasteiger charge is 2.11. The predicted octanol–water partition coefficient (Wildman–Crippen LogP) is 3.76. The van der Waals surface area contributed by atoms with Crippen molar-refractivity contribution in [2.24, 2.45) is 0 Å². The van der Waals surface area contributed by atoms with Crippen molar-refractivity contribution in [2.45, 2.75) is 19.4 Å². The van der Waals surface area contributed by atoms with E-state index in [1.54, 1.807) is 0 Å². The van der Waals surface area contributed by atoms with Gasteiger partial charge in [-0.05, 0) is 29.7 Å². The molecule has 0 saturated carbocycles. The summed E-state index contributed by atoms with van der Waals surface area (Å²) >= 11 is 0. The van der Waals surface area contributed by atoms with E-state index in [1.807, 2.05) is 54.7 Å². The summed E-state index contributed by atoms with van der Waals surface area (Å²) in [6.07, 6.45) is 2.46. The maximum atomic E-state index is 10.8. The Kier molecular flexibility index (Phi) is 4.10. The summed E-state index contributed by atoms with van der Waals surface area (Å²) in [6.45, 7) is 0.490. The van der Waals surface area contributed by atoms with Crippen LogP contribution in [-0.2, 0) is 17.8 Å². The number of benzene rings is 2. The zero-order valence-electron chi connectivity index (χ0n) is 12.1. The van der Waals surface area contributed by atoms with Crippen molar-refractivity contribution in [1.29, 1.82) is 0 Å². The number of ether oxygens (including phenoxy) is 1. The lowest BCUT2D eigenvalue weighted by atomic mass is 10.1. The van der Waals surface area contributed by atoms with Crippen molar-refractivity contribution in [2.75, 3.05) is 0 Å². The molecule has 4 heteroatoms. The molecule has 1 heterocycles. The van der Waals surface area contributed by atoms with Crippen LogP contribution in [0.1, 0.15) is 17.5 Å². The van der Waals surface area contributed by atoms with Crippen LogP contribution in [0.2, 0.25) is 0 Å². The second-order valence-electron chi connectivity index (χ2n) is 5.16. The number of rotatable bonds is 6. The summed E-state index contributed by atoms with van der Waals surface area (Å²) in [5.41, 5.74) is 3.04. The maximum absolute atomic E-state index is 10.8. The molecule has 0 aliphatic rings. The van der Waals surface area contributed by atoms with Gasteiger partial charge in [-0.15, -0.1) is 0 Å². The Morgan fingerprint density at radius 3 is 2.68 bits per heavy atom. The SMILES string of the molecule is O=C(O)CCc1c[nH]c2cccc(OCc3ccccc3)c12. The Balaban J connectivity index is 1.85. The van der Waals surface area contributed by atoms with Crippen molar-refractivity contribution >= 4 is 16.9 Å². The average Bonchev–Trinajstić information content (AvgIpc) is 2.96. The number of hydrogen-bond donors (Lipinski definition) is 2. The van der Waals surface area contributed by atoms with Gasteiger partial charge in [0.25, 0.3) is 0 Å². The molecule has 0 aliphatic heterocycles. The Morgan fingerprint density at radius 2 is 1.91 bits per heavy atom. The van der Waals surface area contributed by atoms with Gasteiger partial charge in [0.05, 0.1) is 0 Å². The van der Waals surface area contributed by atoms with Crippen LogP contribution < -0.4 is 4.74 Å². The molecular formula is C18H17NO3. The van der Waals surface area contributed by atoms with Crippen molar-refractivity contribution < 1.29 is 14.6 Å². The van der Waals surface area contributed by atoms with Gasteiger partial charge in [-0.25, -0.2) is 0 Å². The van der Waals surface area contributed by atoms with Gasteiger partial charge in [0.2, 0.25) is 0 Å². The van der Waals surface area contributed by atoms with Gasteiger partial charge in [0, 0.05) is 23.5 Å². The van der Waals surface area contributed by atoms with Gasteiger partial charge in [-0.3, -0.25) is 4.79 Å². The molecular weight excluding hydrogens is 278 g/mol. The molecule has 22 heavy (non-hydrogen) atoms. The van der Waals surface area contributed by atoms with E-state index in [-0.39, 0.29) is 6.42 Å². The summed E-state index contributed by atoms with van der Waals surface area (Å²) in [6, 6.07) is 15.8. The smallest absolute Gasteiger partial charge is 0.303 e. The van der Waals surface area contributed by atoms with E-state index in [1.165, 1.54) is 0 Å². The first-order valence-electron chi connectivity index (χ1n) is 7.21.